The fraction of sp³-hybridized carbons (Fsp3) is 0.333. The number of hydrogen-bond acceptors (Lipinski definition) is 7. The molecule has 0 radical (unpaired) electrons. The zero-order chi connectivity index (χ0) is 24.0. The van der Waals surface area contributed by atoms with Crippen molar-refractivity contribution in [3.8, 4) is 17.0 Å². The van der Waals surface area contributed by atoms with Crippen LogP contribution in [-0.4, -0.2) is 56.5 Å². The third-order valence-electron chi connectivity index (χ3n) is 5.35. The molecule has 4 rings (SSSR count). The van der Waals surface area contributed by atoms with E-state index in [4.69, 9.17) is 9.47 Å². The SMILES string of the molecule is CCCCOc1cccc(C(=O)Nc2nc(-c3ccc(S(=O)(=O)N4CCOCC4)cc3)cs2)c1. The number of hydrogen-bond donors (Lipinski definition) is 1. The Morgan fingerprint density at radius 2 is 1.94 bits per heavy atom. The van der Waals surface area contributed by atoms with Crippen molar-refractivity contribution in [3.05, 3.63) is 59.5 Å². The monoisotopic (exact) mass is 501 g/mol. The van der Waals surface area contributed by atoms with Crippen molar-refractivity contribution < 1.29 is 22.7 Å². The molecule has 0 spiro atoms. The quantitative estimate of drug-likeness (QED) is 0.440. The summed E-state index contributed by atoms with van der Waals surface area (Å²) in [6, 6.07) is 13.7. The number of benzene rings is 2. The second-order valence-electron chi connectivity index (χ2n) is 7.76. The molecular weight excluding hydrogens is 474 g/mol. The van der Waals surface area contributed by atoms with Gasteiger partial charge in [-0.2, -0.15) is 4.31 Å². The van der Waals surface area contributed by atoms with Gasteiger partial charge in [-0.15, -0.1) is 11.3 Å². The van der Waals surface area contributed by atoms with Gasteiger partial charge in [-0.1, -0.05) is 31.5 Å². The topological polar surface area (TPSA) is 97.8 Å². The van der Waals surface area contributed by atoms with Crippen molar-refractivity contribution in [2.45, 2.75) is 24.7 Å². The first-order valence-corrected chi connectivity index (χ1v) is 13.5. The average Bonchev–Trinajstić information content (AvgIpc) is 3.33. The molecule has 1 amide bonds. The molecule has 0 bridgehead atoms. The highest BCUT2D eigenvalue weighted by molar-refractivity contribution is 7.89. The van der Waals surface area contributed by atoms with Crippen molar-refractivity contribution in [2.75, 3.05) is 38.2 Å². The van der Waals surface area contributed by atoms with Crippen LogP contribution < -0.4 is 10.1 Å². The van der Waals surface area contributed by atoms with Gasteiger partial charge in [0.2, 0.25) is 10.0 Å². The van der Waals surface area contributed by atoms with E-state index in [1.807, 2.05) is 11.4 Å². The average molecular weight is 502 g/mol. The second-order valence-corrected chi connectivity index (χ2v) is 10.6. The van der Waals surface area contributed by atoms with Gasteiger partial charge in [-0.05, 0) is 36.8 Å². The van der Waals surface area contributed by atoms with Gasteiger partial charge in [-0.25, -0.2) is 13.4 Å². The first-order valence-electron chi connectivity index (χ1n) is 11.2. The molecule has 8 nitrogen and oxygen atoms in total. The highest BCUT2D eigenvalue weighted by Gasteiger charge is 2.26. The third-order valence-corrected chi connectivity index (χ3v) is 8.02. The number of morpholine rings is 1. The molecule has 1 N–H and O–H groups in total. The molecule has 1 aromatic heterocycles. The summed E-state index contributed by atoms with van der Waals surface area (Å²) in [5.41, 5.74) is 1.92. The standard InChI is InChI=1S/C24H27N3O5S2/c1-2-3-13-32-20-6-4-5-19(16-20)23(28)26-24-25-22(17-33-24)18-7-9-21(10-8-18)34(29,30)27-11-14-31-15-12-27/h4-10,16-17H,2-3,11-15H2,1H3,(H,25,26,28). The summed E-state index contributed by atoms with van der Waals surface area (Å²) in [5, 5.41) is 5.11. The minimum Gasteiger partial charge on any atom is -0.494 e. The first-order chi connectivity index (χ1) is 16.5. The summed E-state index contributed by atoms with van der Waals surface area (Å²) in [5.74, 6) is 0.391. The Bertz CT molecular complexity index is 1220. The van der Waals surface area contributed by atoms with Crippen molar-refractivity contribution in [1.82, 2.24) is 9.29 Å². The van der Waals surface area contributed by atoms with E-state index in [-0.39, 0.29) is 10.8 Å². The first kappa shape index (κ1) is 24.3. The maximum absolute atomic E-state index is 12.8. The molecule has 2 aromatic carbocycles. The molecule has 0 saturated carbocycles. The van der Waals surface area contributed by atoms with Crippen LogP contribution in [0, 0.1) is 0 Å². The zero-order valence-electron chi connectivity index (χ0n) is 18.9. The Labute approximate surface area is 203 Å². The molecule has 1 aliphatic rings. The van der Waals surface area contributed by atoms with Crippen LogP contribution in [0.3, 0.4) is 0 Å². The Morgan fingerprint density at radius 3 is 2.68 bits per heavy atom. The number of ether oxygens (including phenoxy) is 2. The molecule has 2 heterocycles. The Balaban J connectivity index is 1.41. The molecule has 0 atom stereocenters. The van der Waals surface area contributed by atoms with Gasteiger partial charge in [0.25, 0.3) is 5.91 Å². The molecule has 1 saturated heterocycles. The minimum absolute atomic E-state index is 0.239. The number of nitrogens with one attached hydrogen (secondary N) is 1. The molecule has 180 valence electrons. The summed E-state index contributed by atoms with van der Waals surface area (Å²) in [6.45, 7) is 4.23. The van der Waals surface area contributed by atoms with Crippen LogP contribution in [0.5, 0.6) is 5.75 Å². The Hall–Kier alpha value is -2.79. The summed E-state index contributed by atoms with van der Waals surface area (Å²) >= 11 is 1.31. The smallest absolute Gasteiger partial charge is 0.257 e. The van der Waals surface area contributed by atoms with E-state index in [0.717, 1.165) is 18.4 Å². The lowest BCUT2D eigenvalue weighted by Gasteiger charge is -2.26. The predicted molar refractivity (Wildman–Crippen MR) is 132 cm³/mol. The van der Waals surface area contributed by atoms with Crippen LogP contribution in [0.4, 0.5) is 5.13 Å². The molecule has 0 unspecified atom stereocenters. The van der Waals surface area contributed by atoms with E-state index in [2.05, 4.69) is 17.2 Å². The fourth-order valence-corrected chi connectivity index (χ4v) is 5.55. The summed E-state index contributed by atoms with van der Waals surface area (Å²) < 4.78 is 37.9. The van der Waals surface area contributed by atoms with Crippen molar-refractivity contribution in [2.24, 2.45) is 0 Å². The lowest BCUT2D eigenvalue weighted by Crippen LogP contribution is -2.40. The van der Waals surface area contributed by atoms with Crippen LogP contribution in [0.2, 0.25) is 0 Å². The number of carbonyl (C=O) groups excluding carboxylic acids is 1. The van der Waals surface area contributed by atoms with Crippen LogP contribution in [0.15, 0.2) is 58.8 Å². The number of nitrogens with zero attached hydrogens (tertiary/aromatic N) is 2. The highest BCUT2D eigenvalue weighted by Crippen LogP contribution is 2.27. The van der Waals surface area contributed by atoms with E-state index in [1.54, 1.807) is 42.5 Å². The van der Waals surface area contributed by atoms with Gasteiger partial charge in [0.1, 0.15) is 5.75 Å². The van der Waals surface area contributed by atoms with Crippen LogP contribution in [-0.2, 0) is 14.8 Å². The van der Waals surface area contributed by atoms with E-state index >= 15 is 0 Å². The maximum Gasteiger partial charge on any atom is 0.257 e. The number of thiazole rings is 1. The molecule has 34 heavy (non-hydrogen) atoms. The number of rotatable bonds is 9. The van der Waals surface area contributed by atoms with E-state index in [9.17, 15) is 13.2 Å². The highest BCUT2D eigenvalue weighted by atomic mass is 32.2. The second kappa shape index (κ2) is 11.1. The van der Waals surface area contributed by atoms with Gasteiger partial charge < -0.3 is 9.47 Å². The minimum atomic E-state index is -3.55. The number of aromatic nitrogens is 1. The Kier molecular flexibility index (Phi) is 7.94. The largest absolute Gasteiger partial charge is 0.494 e. The van der Waals surface area contributed by atoms with E-state index in [1.165, 1.54) is 15.6 Å². The number of unbranched alkanes of at least 4 members (excludes halogenated alkanes) is 1. The van der Waals surface area contributed by atoms with Crippen molar-refractivity contribution in [3.63, 3.8) is 0 Å². The van der Waals surface area contributed by atoms with Gasteiger partial charge in [0.15, 0.2) is 5.13 Å². The molecule has 0 aliphatic carbocycles. The van der Waals surface area contributed by atoms with Gasteiger partial charge in [0.05, 0.1) is 30.4 Å². The fourth-order valence-electron chi connectivity index (χ4n) is 3.43. The summed E-state index contributed by atoms with van der Waals surface area (Å²) in [7, 11) is -3.55. The molecule has 10 heteroatoms. The Morgan fingerprint density at radius 1 is 1.18 bits per heavy atom. The van der Waals surface area contributed by atoms with Crippen molar-refractivity contribution >= 4 is 32.4 Å². The number of anilines is 1. The summed E-state index contributed by atoms with van der Waals surface area (Å²) in [6.07, 6.45) is 2.00. The van der Waals surface area contributed by atoms with Crippen LogP contribution in [0.25, 0.3) is 11.3 Å². The normalized spacial score (nSPS) is 14.6. The third kappa shape index (κ3) is 5.82. The van der Waals surface area contributed by atoms with Crippen LogP contribution in [0.1, 0.15) is 30.1 Å². The molecule has 1 aliphatic heterocycles. The zero-order valence-corrected chi connectivity index (χ0v) is 20.5. The van der Waals surface area contributed by atoms with Gasteiger partial charge in [-0.3, -0.25) is 10.1 Å². The molecule has 3 aromatic rings. The molecular formula is C24H27N3O5S2. The van der Waals surface area contributed by atoms with Crippen LogP contribution >= 0.6 is 11.3 Å². The molecule has 1 fully saturated rings. The van der Waals surface area contributed by atoms with E-state index < -0.39 is 10.0 Å². The number of sulfonamides is 1. The van der Waals surface area contributed by atoms with Crippen molar-refractivity contribution in [1.29, 1.82) is 0 Å². The van der Waals surface area contributed by atoms with E-state index in [0.29, 0.717) is 55.0 Å². The predicted octanol–water partition coefficient (Wildman–Crippen LogP) is 4.26. The van der Waals surface area contributed by atoms with Gasteiger partial charge >= 0.3 is 0 Å². The summed E-state index contributed by atoms with van der Waals surface area (Å²) in [4.78, 5) is 17.4. The maximum atomic E-state index is 12.8. The lowest BCUT2D eigenvalue weighted by molar-refractivity contribution is 0.0730. The lowest BCUT2D eigenvalue weighted by atomic mass is 10.2. The van der Waals surface area contributed by atoms with Gasteiger partial charge in [0, 0.05) is 29.6 Å². The number of amides is 1. The number of carbonyl (C=O) groups is 1.